The molecule has 0 saturated heterocycles. The highest BCUT2D eigenvalue weighted by Gasteiger charge is 2.33. The summed E-state index contributed by atoms with van der Waals surface area (Å²) in [5, 5.41) is 3.12. The van der Waals surface area contributed by atoms with Gasteiger partial charge in [0, 0.05) is 0 Å². The van der Waals surface area contributed by atoms with E-state index in [1.807, 2.05) is 18.2 Å². The van der Waals surface area contributed by atoms with Crippen molar-refractivity contribution in [3.05, 3.63) is 57.8 Å². The SMILES string of the molecule is CC(=O)c1ccc(C(=O)NC(c2ccccc2)C2CC2)s1. The lowest BCUT2D eigenvalue weighted by Crippen LogP contribution is -2.29. The average Bonchev–Trinajstić information content (AvgIpc) is 3.20. The normalized spacial score (nSPS) is 15.5. The zero-order chi connectivity index (χ0) is 14.8. The summed E-state index contributed by atoms with van der Waals surface area (Å²) in [5.74, 6) is 0.442. The molecule has 1 aromatic carbocycles. The lowest BCUT2D eigenvalue weighted by atomic mass is 10.0. The van der Waals surface area contributed by atoms with Gasteiger partial charge in [-0.1, -0.05) is 30.3 Å². The van der Waals surface area contributed by atoms with E-state index in [1.54, 1.807) is 12.1 Å². The van der Waals surface area contributed by atoms with Crippen LogP contribution in [0.3, 0.4) is 0 Å². The van der Waals surface area contributed by atoms with Crippen molar-refractivity contribution in [3.63, 3.8) is 0 Å². The van der Waals surface area contributed by atoms with Gasteiger partial charge in [-0.15, -0.1) is 11.3 Å². The third-order valence-corrected chi connectivity index (χ3v) is 4.90. The Balaban J connectivity index is 1.76. The van der Waals surface area contributed by atoms with Crippen molar-refractivity contribution < 1.29 is 9.59 Å². The minimum Gasteiger partial charge on any atom is -0.344 e. The minimum atomic E-state index is -0.0896. The Labute approximate surface area is 128 Å². The number of amides is 1. The molecule has 1 saturated carbocycles. The molecule has 0 radical (unpaired) electrons. The number of Topliss-reactive ketones (excluding diaryl/α,β-unsaturated/α-hetero) is 1. The van der Waals surface area contributed by atoms with E-state index < -0.39 is 0 Å². The maximum absolute atomic E-state index is 12.4. The number of rotatable bonds is 5. The van der Waals surface area contributed by atoms with Crippen LogP contribution >= 0.6 is 11.3 Å². The first kappa shape index (κ1) is 14.0. The van der Waals surface area contributed by atoms with E-state index in [9.17, 15) is 9.59 Å². The molecule has 1 heterocycles. The van der Waals surface area contributed by atoms with E-state index >= 15 is 0 Å². The molecule has 108 valence electrons. The number of carbonyl (C=O) groups excluding carboxylic acids is 2. The Morgan fingerprint density at radius 1 is 1.10 bits per heavy atom. The smallest absolute Gasteiger partial charge is 0.261 e. The number of benzene rings is 1. The van der Waals surface area contributed by atoms with Gasteiger partial charge in [0.25, 0.3) is 5.91 Å². The van der Waals surface area contributed by atoms with E-state index in [0.717, 1.165) is 18.4 Å². The van der Waals surface area contributed by atoms with Crippen LogP contribution in [-0.2, 0) is 0 Å². The van der Waals surface area contributed by atoms with Gasteiger partial charge in [0.1, 0.15) is 0 Å². The van der Waals surface area contributed by atoms with Crippen LogP contribution in [0.2, 0.25) is 0 Å². The molecule has 1 aromatic heterocycles. The fraction of sp³-hybridized carbons (Fsp3) is 0.294. The number of carbonyl (C=O) groups is 2. The van der Waals surface area contributed by atoms with Crippen molar-refractivity contribution in [1.29, 1.82) is 0 Å². The Bertz CT molecular complexity index is 658. The summed E-state index contributed by atoms with van der Waals surface area (Å²) in [6.45, 7) is 1.52. The van der Waals surface area contributed by atoms with Crippen LogP contribution in [0.1, 0.15) is 50.7 Å². The third kappa shape index (κ3) is 3.22. The molecule has 1 amide bonds. The van der Waals surface area contributed by atoms with Gasteiger partial charge >= 0.3 is 0 Å². The van der Waals surface area contributed by atoms with Crippen molar-refractivity contribution in [1.82, 2.24) is 5.32 Å². The predicted octanol–water partition coefficient (Wildman–Crippen LogP) is 3.83. The Hall–Kier alpha value is -1.94. The summed E-state index contributed by atoms with van der Waals surface area (Å²) in [5.41, 5.74) is 1.15. The molecule has 1 unspecified atom stereocenters. The van der Waals surface area contributed by atoms with E-state index in [-0.39, 0.29) is 17.7 Å². The second-order valence-corrected chi connectivity index (χ2v) is 6.50. The molecular formula is C17H17NO2S. The first-order valence-corrected chi connectivity index (χ1v) is 7.93. The Morgan fingerprint density at radius 2 is 1.76 bits per heavy atom. The molecule has 1 fully saturated rings. The number of hydrogen-bond acceptors (Lipinski definition) is 3. The van der Waals surface area contributed by atoms with Crippen LogP contribution in [0.25, 0.3) is 0 Å². The summed E-state index contributed by atoms with van der Waals surface area (Å²) in [6, 6.07) is 13.6. The zero-order valence-corrected chi connectivity index (χ0v) is 12.7. The molecule has 4 heteroatoms. The standard InChI is InChI=1S/C17H17NO2S/c1-11(19)14-9-10-15(21-14)17(20)18-16(13-7-8-13)12-5-3-2-4-6-12/h2-6,9-10,13,16H,7-8H2,1H3,(H,18,20). The number of hydrogen-bond donors (Lipinski definition) is 1. The van der Waals surface area contributed by atoms with Gasteiger partial charge < -0.3 is 5.32 Å². The van der Waals surface area contributed by atoms with Gasteiger partial charge in [-0.2, -0.15) is 0 Å². The second kappa shape index (κ2) is 5.82. The fourth-order valence-corrected chi connectivity index (χ4v) is 3.23. The van der Waals surface area contributed by atoms with Crippen LogP contribution in [0.5, 0.6) is 0 Å². The van der Waals surface area contributed by atoms with E-state index in [0.29, 0.717) is 15.7 Å². The quantitative estimate of drug-likeness (QED) is 0.853. The zero-order valence-electron chi connectivity index (χ0n) is 11.8. The van der Waals surface area contributed by atoms with Crippen LogP contribution in [0.4, 0.5) is 0 Å². The highest BCUT2D eigenvalue weighted by molar-refractivity contribution is 7.15. The summed E-state index contributed by atoms with van der Waals surface area (Å²) in [7, 11) is 0. The summed E-state index contributed by atoms with van der Waals surface area (Å²) < 4.78 is 0. The van der Waals surface area contributed by atoms with Crippen molar-refractivity contribution in [2.45, 2.75) is 25.8 Å². The highest BCUT2D eigenvalue weighted by Crippen LogP contribution is 2.41. The third-order valence-electron chi connectivity index (χ3n) is 3.72. The van der Waals surface area contributed by atoms with Gasteiger partial charge in [-0.3, -0.25) is 9.59 Å². The molecule has 0 aliphatic heterocycles. The van der Waals surface area contributed by atoms with Gasteiger partial charge in [0.15, 0.2) is 5.78 Å². The second-order valence-electron chi connectivity index (χ2n) is 5.42. The number of ketones is 1. The molecule has 3 rings (SSSR count). The van der Waals surface area contributed by atoms with Crippen LogP contribution in [0.15, 0.2) is 42.5 Å². The van der Waals surface area contributed by atoms with Crippen molar-refractivity contribution in [2.24, 2.45) is 5.92 Å². The lowest BCUT2D eigenvalue weighted by molar-refractivity contribution is 0.0935. The molecule has 1 atom stereocenters. The monoisotopic (exact) mass is 299 g/mol. The Kier molecular flexibility index (Phi) is 3.88. The van der Waals surface area contributed by atoms with Crippen LogP contribution < -0.4 is 5.32 Å². The predicted molar refractivity (Wildman–Crippen MR) is 83.7 cm³/mol. The Morgan fingerprint density at radius 3 is 2.33 bits per heavy atom. The largest absolute Gasteiger partial charge is 0.344 e. The molecular weight excluding hydrogens is 282 g/mol. The first-order chi connectivity index (χ1) is 10.1. The van der Waals surface area contributed by atoms with Crippen molar-refractivity contribution in [2.75, 3.05) is 0 Å². The maximum atomic E-state index is 12.4. The van der Waals surface area contributed by atoms with Gasteiger partial charge in [0.05, 0.1) is 15.8 Å². The molecule has 3 nitrogen and oxygen atoms in total. The summed E-state index contributed by atoms with van der Waals surface area (Å²) in [4.78, 5) is 24.9. The number of nitrogens with one attached hydrogen (secondary N) is 1. The van der Waals surface area contributed by atoms with Gasteiger partial charge in [-0.25, -0.2) is 0 Å². The minimum absolute atomic E-state index is 0.000789. The van der Waals surface area contributed by atoms with E-state index in [4.69, 9.17) is 0 Å². The van der Waals surface area contributed by atoms with E-state index in [1.165, 1.54) is 18.3 Å². The molecule has 1 N–H and O–H groups in total. The fourth-order valence-electron chi connectivity index (χ4n) is 2.42. The van der Waals surface area contributed by atoms with Gasteiger partial charge in [-0.05, 0) is 43.4 Å². The molecule has 1 aliphatic rings. The average molecular weight is 299 g/mol. The molecule has 0 bridgehead atoms. The lowest BCUT2D eigenvalue weighted by Gasteiger charge is -2.18. The van der Waals surface area contributed by atoms with Crippen LogP contribution in [0, 0.1) is 5.92 Å². The molecule has 2 aromatic rings. The molecule has 1 aliphatic carbocycles. The van der Waals surface area contributed by atoms with Crippen molar-refractivity contribution in [3.8, 4) is 0 Å². The van der Waals surface area contributed by atoms with Crippen molar-refractivity contribution >= 4 is 23.0 Å². The topological polar surface area (TPSA) is 46.2 Å². The summed E-state index contributed by atoms with van der Waals surface area (Å²) in [6.07, 6.45) is 2.31. The maximum Gasteiger partial charge on any atom is 0.261 e. The highest BCUT2D eigenvalue weighted by atomic mass is 32.1. The first-order valence-electron chi connectivity index (χ1n) is 7.12. The number of thiophene rings is 1. The molecule has 0 spiro atoms. The summed E-state index contributed by atoms with van der Waals surface area (Å²) >= 11 is 1.26. The molecule has 21 heavy (non-hydrogen) atoms. The van der Waals surface area contributed by atoms with Gasteiger partial charge in [0.2, 0.25) is 0 Å². The van der Waals surface area contributed by atoms with Crippen LogP contribution in [-0.4, -0.2) is 11.7 Å². The van der Waals surface area contributed by atoms with E-state index in [2.05, 4.69) is 17.4 Å².